The van der Waals surface area contributed by atoms with Crippen molar-refractivity contribution in [2.45, 2.75) is 25.0 Å². The summed E-state index contributed by atoms with van der Waals surface area (Å²) in [7, 11) is 0. The van der Waals surface area contributed by atoms with E-state index in [9.17, 15) is 0 Å². The molecule has 0 amide bonds. The minimum atomic E-state index is 0.0937. The number of hydrogen-bond donors (Lipinski definition) is 1. The molecule has 1 aromatic heterocycles. The van der Waals surface area contributed by atoms with Crippen molar-refractivity contribution in [1.82, 2.24) is 20.3 Å². The van der Waals surface area contributed by atoms with Gasteiger partial charge in [-0.25, -0.2) is 4.68 Å². The first-order chi connectivity index (χ1) is 6.93. The molecule has 5 nitrogen and oxygen atoms in total. The molecular formula is C9H14N4O. The molecule has 0 aromatic carbocycles. The Morgan fingerprint density at radius 2 is 2.43 bits per heavy atom. The Kier molecular flexibility index (Phi) is 1.99. The lowest BCUT2D eigenvalue weighted by atomic mass is 10.2. The van der Waals surface area contributed by atoms with E-state index in [-0.39, 0.29) is 6.10 Å². The van der Waals surface area contributed by atoms with Gasteiger partial charge in [0.25, 0.3) is 0 Å². The lowest BCUT2D eigenvalue weighted by molar-refractivity contribution is 0.0249. The van der Waals surface area contributed by atoms with E-state index < -0.39 is 0 Å². The monoisotopic (exact) mass is 194 g/mol. The maximum Gasteiger partial charge on any atom is 0.115 e. The number of aromatic nitrogens is 3. The zero-order valence-electron chi connectivity index (χ0n) is 8.02. The number of ether oxygens (including phenoxy) is 1. The van der Waals surface area contributed by atoms with Gasteiger partial charge in [-0.15, -0.1) is 5.10 Å². The van der Waals surface area contributed by atoms with Crippen molar-refractivity contribution in [3.8, 4) is 0 Å². The quantitative estimate of drug-likeness (QED) is 0.734. The SMILES string of the molecule is c1c([C@H]2CNCCO2)nnn1C1CC1. The Balaban J connectivity index is 1.74. The van der Waals surface area contributed by atoms with Crippen molar-refractivity contribution >= 4 is 0 Å². The molecule has 3 rings (SSSR count). The van der Waals surface area contributed by atoms with Gasteiger partial charge in [-0.05, 0) is 12.8 Å². The van der Waals surface area contributed by atoms with Crippen LogP contribution in [-0.2, 0) is 4.74 Å². The predicted octanol–water partition coefficient (Wildman–Crippen LogP) is 0.274. The maximum atomic E-state index is 5.60. The van der Waals surface area contributed by atoms with Crippen LogP contribution in [0, 0.1) is 0 Å². The largest absolute Gasteiger partial charge is 0.369 e. The van der Waals surface area contributed by atoms with Crippen LogP contribution in [0.1, 0.15) is 30.7 Å². The molecule has 1 aromatic rings. The highest BCUT2D eigenvalue weighted by Gasteiger charge is 2.26. The minimum absolute atomic E-state index is 0.0937. The summed E-state index contributed by atoms with van der Waals surface area (Å²) in [5.74, 6) is 0. The molecule has 0 bridgehead atoms. The van der Waals surface area contributed by atoms with Gasteiger partial charge in [0.1, 0.15) is 11.8 Å². The summed E-state index contributed by atoms with van der Waals surface area (Å²) in [6, 6.07) is 0.604. The van der Waals surface area contributed by atoms with Crippen molar-refractivity contribution in [2.75, 3.05) is 19.7 Å². The number of morpholine rings is 1. The lowest BCUT2D eigenvalue weighted by Gasteiger charge is -2.21. The smallest absolute Gasteiger partial charge is 0.115 e. The maximum absolute atomic E-state index is 5.60. The summed E-state index contributed by atoms with van der Waals surface area (Å²) in [6.07, 6.45) is 4.60. The van der Waals surface area contributed by atoms with E-state index in [1.54, 1.807) is 0 Å². The number of nitrogens with one attached hydrogen (secondary N) is 1. The van der Waals surface area contributed by atoms with Crippen LogP contribution in [0.25, 0.3) is 0 Å². The van der Waals surface area contributed by atoms with Gasteiger partial charge in [-0.2, -0.15) is 0 Å². The molecule has 1 atom stereocenters. The van der Waals surface area contributed by atoms with Crippen molar-refractivity contribution in [3.05, 3.63) is 11.9 Å². The van der Waals surface area contributed by atoms with Crippen LogP contribution in [-0.4, -0.2) is 34.7 Å². The first-order valence-electron chi connectivity index (χ1n) is 5.17. The molecule has 0 unspecified atom stereocenters. The van der Waals surface area contributed by atoms with Crippen LogP contribution >= 0.6 is 0 Å². The molecule has 1 saturated heterocycles. The van der Waals surface area contributed by atoms with Gasteiger partial charge in [-0.3, -0.25) is 0 Å². The summed E-state index contributed by atoms with van der Waals surface area (Å²) in [6.45, 7) is 2.55. The van der Waals surface area contributed by atoms with Crippen molar-refractivity contribution < 1.29 is 4.74 Å². The molecule has 2 aliphatic rings. The van der Waals surface area contributed by atoms with Crippen LogP contribution in [0.2, 0.25) is 0 Å². The molecule has 1 aliphatic heterocycles. The Hall–Kier alpha value is -0.940. The van der Waals surface area contributed by atoms with Crippen LogP contribution in [0.3, 0.4) is 0 Å². The van der Waals surface area contributed by atoms with E-state index in [1.165, 1.54) is 12.8 Å². The Morgan fingerprint density at radius 1 is 1.50 bits per heavy atom. The predicted molar refractivity (Wildman–Crippen MR) is 49.9 cm³/mol. The fourth-order valence-electron chi connectivity index (χ4n) is 1.71. The minimum Gasteiger partial charge on any atom is -0.369 e. The second-order valence-electron chi connectivity index (χ2n) is 3.92. The third-order valence-corrected chi connectivity index (χ3v) is 2.71. The van der Waals surface area contributed by atoms with Gasteiger partial charge >= 0.3 is 0 Å². The highest BCUT2D eigenvalue weighted by Crippen LogP contribution is 2.34. The second-order valence-corrected chi connectivity index (χ2v) is 3.92. The third kappa shape index (κ3) is 1.53. The first kappa shape index (κ1) is 8.38. The molecular weight excluding hydrogens is 180 g/mol. The zero-order chi connectivity index (χ0) is 9.38. The van der Waals surface area contributed by atoms with E-state index in [1.807, 2.05) is 10.9 Å². The standard InChI is InChI=1S/C9H14N4O/c1-2-7(1)13-6-8(11-12-13)9-5-10-3-4-14-9/h6-7,9-10H,1-5H2/t9-/m1/s1. The fourth-order valence-corrected chi connectivity index (χ4v) is 1.71. The van der Waals surface area contributed by atoms with E-state index in [0.29, 0.717) is 6.04 Å². The van der Waals surface area contributed by atoms with Gasteiger partial charge in [-0.1, -0.05) is 5.21 Å². The molecule has 2 heterocycles. The fraction of sp³-hybridized carbons (Fsp3) is 0.778. The summed E-state index contributed by atoms with van der Waals surface area (Å²) >= 11 is 0. The number of rotatable bonds is 2. The molecule has 0 radical (unpaired) electrons. The van der Waals surface area contributed by atoms with Crippen LogP contribution < -0.4 is 5.32 Å². The number of hydrogen-bond acceptors (Lipinski definition) is 4. The van der Waals surface area contributed by atoms with Gasteiger partial charge in [0.05, 0.1) is 18.8 Å². The molecule has 0 spiro atoms. The molecule has 2 fully saturated rings. The number of nitrogens with zero attached hydrogens (tertiary/aromatic N) is 3. The summed E-state index contributed by atoms with van der Waals surface area (Å²) in [5.41, 5.74) is 0.962. The summed E-state index contributed by atoms with van der Waals surface area (Å²) in [4.78, 5) is 0. The summed E-state index contributed by atoms with van der Waals surface area (Å²) < 4.78 is 7.56. The molecule has 76 valence electrons. The lowest BCUT2D eigenvalue weighted by Crippen LogP contribution is -2.33. The van der Waals surface area contributed by atoms with Crippen molar-refractivity contribution in [1.29, 1.82) is 0 Å². The second kappa shape index (κ2) is 3.33. The van der Waals surface area contributed by atoms with E-state index in [4.69, 9.17) is 4.74 Å². The zero-order valence-corrected chi connectivity index (χ0v) is 8.02. The normalized spacial score (nSPS) is 27.9. The Bertz CT molecular complexity index is 314. The average Bonchev–Trinajstić information content (AvgIpc) is 2.98. The van der Waals surface area contributed by atoms with E-state index in [0.717, 1.165) is 25.4 Å². The highest BCUT2D eigenvalue weighted by molar-refractivity contribution is 5.01. The highest BCUT2D eigenvalue weighted by atomic mass is 16.5. The summed E-state index contributed by atoms with van der Waals surface area (Å²) in [5, 5.41) is 11.5. The van der Waals surface area contributed by atoms with E-state index >= 15 is 0 Å². The van der Waals surface area contributed by atoms with Crippen molar-refractivity contribution in [3.63, 3.8) is 0 Å². The Morgan fingerprint density at radius 3 is 3.14 bits per heavy atom. The molecule has 1 aliphatic carbocycles. The topological polar surface area (TPSA) is 52.0 Å². The molecule has 14 heavy (non-hydrogen) atoms. The van der Waals surface area contributed by atoms with E-state index in [2.05, 4.69) is 15.6 Å². The van der Waals surface area contributed by atoms with Gasteiger partial charge < -0.3 is 10.1 Å². The van der Waals surface area contributed by atoms with Crippen molar-refractivity contribution in [2.24, 2.45) is 0 Å². The van der Waals surface area contributed by atoms with Crippen LogP contribution in [0.4, 0.5) is 0 Å². The average molecular weight is 194 g/mol. The Labute approximate surface area is 82.4 Å². The van der Waals surface area contributed by atoms with Gasteiger partial charge in [0, 0.05) is 13.1 Å². The first-order valence-corrected chi connectivity index (χ1v) is 5.17. The molecule has 5 heteroatoms. The van der Waals surface area contributed by atoms with Gasteiger partial charge in [0.2, 0.25) is 0 Å². The van der Waals surface area contributed by atoms with Crippen LogP contribution in [0.5, 0.6) is 0 Å². The third-order valence-electron chi connectivity index (χ3n) is 2.71. The van der Waals surface area contributed by atoms with Gasteiger partial charge in [0.15, 0.2) is 0 Å². The molecule has 1 saturated carbocycles. The molecule has 1 N–H and O–H groups in total. The van der Waals surface area contributed by atoms with Crippen LogP contribution in [0.15, 0.2) is 6.20 Å².